The van der Waals surface area contributed by atoms with Gasteiger partial charge in [-0.2, -0.15) is 0 Å². The zero-order chi connectivity index (χ0) is 15.6. The molecule has 0 atom stereocenters. The summed E-state index contributed by atoms with van der Waals surface area (Å²) >= 11 is 6.83. The molecular weight excluding hydrogens is 344 g/mol. The molecule has 0 spiro atoms. The average molecular weight is 361 g/mol. The second kappa shape index (κ2) is 6.66. The van der Waals surface area contributed by atoms with Gasteiger partial charge in [0.05, 0.1) is 10.9 Å². The van der Waals surface area contributed by atoms with E-state index >= 15 is 0 Å². The Morgan fingerprint density at radius 2 is 2.09 bits per heavy atom. The van der Waals surface area contributed by atoms with E-state index in [1.165, 1.54) is 25.3 Å². The Morgan fingerprint density at radius 3 is 2.77 bits per heavy atom. The molecule has 1 aliphatic carbocycles. The number of nitrogens with one attached hydrogen (secondary N) is 1. The molecule has 2 aromatic heterocycles. The SMILES string of the molecule is O=S(=O)(NCc1nncn1C1CCCCC1)c1ccc(Cl)s1. The normalized spacial score (nSPS) is 17.0. The fraction of sp³-hybridized carbons (Fsp3) is 0.538. The van der Waals surface area contributed by atoms with Gasteiger partial charge in [-0.1, -0.05) is 30.9 Å². The first-order valence-corrected chi connectivity index (χ1v) is 9.87. The highest BCUT2D eigenvalue weighted by Gasteiger charge is 2.21. The molecule has 1 N–H and O–H groups in total. The summed E-state index contributed by atoms with van der Waals surface area (Å²) in [6, 6.07) is 3.45. The molecule has 0 aromatic carbocycles. The van der Waals surface area contributed by atoms with E-state index in [2.05, 4.69) is 14.9 Å². The molecule has 120 valence electrons. The predicted molar refractivity (Wildman–Crippen MR) is 85.5 cm³/mol. The maximum atomic E-state index is 12.2. The average Bonchev–Trinajstić information content (AvgIpc) is 3.15. The Labute approximate surface area is 138 Å². The van der Waals surface area contributed by atoms with Gasteiger partial charge in [-0.05, 0) is 25.0 Å². The minimum absolute atomic E-state index is 0.133. The molecule has 0 bridgehead atoms. The Balaban J connectivity index is 1.70. The maximum Gasteiger partial charge on any atom is 0.250 e. The molecule has 0 saturated heterocycles. The molecule has 9 heteroatoms. The van der Waals surface area contributed by atoms with Gasteiger partial charge in [0.2, 0.25) is 0 Å². The quantitative estimate of drug-likeness (QED) is 0.889. The molecule has 22 heavy (non-hydrogen) atoms. The summed E-state index contributed by atoms with van der Waals surface area (Å²) in [4.78, 5) is 0. The number of rotatable bonds is 5. The molecule has 1 aliphatic rings. The van der Waals surface area contributed by atoms with Crippen molar-refractivity contribution in [2.24, 2.45) is 0 Å². The molecule has 2 heterocycles. The highest BCUT2D eigenvalue weighted by atomic mass is 35.5. The van der Waals surface area contributed by atoms with Crippen molar-refractivity contribution in [3.8, 4) is 0 Å². The van der Waals surface area contributed by atoms with Crippen LogP contribution >= 0.6 is 22.9 Å². The first kappa shape index (κ1) is 15.9. The summed E-state index contributed by atoms with van der Waals surface area (Å²) in [6.45, 7) is 0.133. The Morgan fingerprint density at radius 1 is 1.32 bits per heavy atom. The molecule has 0 unspecified atom stereocenters. The second-order valence-corrected chi connectivity index (χ2v) is 9.04. The van der Waals surface area contributed by atoms with Crippen LogP contribution in [0.25, 0.3) is 0 Å². The van der Waals surface area contributed by atoms with Crippen LogP contribution in [0.1, 0.15) is 44.0 Å². The number of hydrogen-bond acceptors (Lipinski definition) is 5. The number of aromatic nitrogens is 3. The first-order valence-electron chi connectivity index (χ1n) is 7.19. The molecule has 0 aliphatic heterocycles. The van der Waals surface area contributed by atoms with Crippen molar-refractivity contribution in [3.05, 3.63) is 28.6 Å². The van der Waals surface area contributed by atoms with Crippen LogP contribution in [0.4, 0.5) is 0 Å². The third-order valence-corrected chi connectivity index (χ3v) is 6.97. The highest BCUT2D eigenvalue weighted by molar-refractivity contribution is 7.91. The zero-order valence-electron chi connectivity index (χ0n) is 11.9. The molecule has 2 aromatic rings. The topological polar surface area (TPSA) is 76.9 Å². The van der Waals surface area contributed by atoms with E-state index in [4.69, 9.17) is 11.6 Å². The first-order chi connectivity index (χ1) is 10.6. The summed E-state index contributed by atoms with van der Waals surface area (Å²) in [5.41, 5.74) is 0. The minimum Gasteiger partial charge on any atom is -0.313 e. The van der Waals surface area contributed by atoms with Crippen LogP contribution in [0, 0.1) is 0 Å². The lowest BCUT2D eigenvalue weighted by Crippen LogP contribution is -2.25. The minimum atomic E-state index is -3.56. The molecule has 1 fully saturated rings. The Bertz CT molecular complexity index is 735. The molecule has 1 saturated carbocycles. The van der Waals surface area contributed by atoms with Gasteiger partial charge in [-0.25, -0.2) is 13.1 Å². The van der Waals surface area contributed by atoms with E-state index in [-0.39, 0.29) is 10.8 Å². The summed E-state index contributed by atoms with van der Waals surface area (Å²) in [6.07, 6.45) is 7.54. The van der Waals surface area contributed by atoms with Crippen LogP contribution in [-0.4, -0.2) is 23.2 Å². The van der Waals surface area contributed by atoms with E-state index < -0.39 is 10.0 Å². The number of sulfonamides is 1. The van der Waals surface area contributed by atoms with Crippen LogP contribution in [0.5, 0.6) is 0 Å². The highest BCUT2D eigenvalue weighted by Crippen LogP contribution is 2.29. The predicted octanol–water partition coefficient (Wildman–Crippen LogP) is 2.98. The second-order valence-electron chi connectivity index (χ2n) is 5.33. The lowest BCUT2D eigenvalue weighted by Gasteiger charge is -2.23. The fourth-order valence-corrected chi connectivity index (χ4v) is 5.24. The van der Waals surface area contributed by atoms with Crippen molar-refractivity contribution >= 4 is 33.0 Å². The smallest absolute Gasteiger partial charge is 0.250 e. The summed E-state index contributed by atoms with van der Waals surface area (Å²) < 4.78 is 29.7. The summed E-state index contributed by atoms with van der Waals surface area (Å²) in [7, 11) is -3.56. The van der Waals surface area contributed by atoms with Crippen molar-refractivity contribution in [2.45, 2.75) is 48.9 Å². The van der Waals surface area contributed by atoms with Crippen molar-refractivity contribution in [1.82, 2.24) is 19.5 Å². The van der Waals surface area contributed by atoms with Crippen LogP contribution in [0.2, 0.25) is 4.34 Å². The monoisotopic (exact) mass is 360 g/mol. The van der Waals surface area contributed by atoms with Crippen molar-refractivity contribution < 1.29 is 8.42 Å². The van der Waals surface area contributed by atoms with Gasteiger partial charge in [0.25, 0.3) is 10.0 Å². The summed E-state index contributed by atoms with van der Waals surface area (Å²) in [5.74, 6) is 0.651. The van der Waals surface area contributed by atoms with Crippen LogP contribution < -0.4 is 4.72 Å². The van der Waals surface area contributed by atoms with Crippen molar-refractivity contribution in [1.29, 1.82) is 0 Å². The van der Waals surface area contributed by atoms with Gasteiger partial charge < -0.3 is 4.57 Å². The van der Waals surface area contributed by atoms with Crippen molar-refractivity contribution in [3.63, 3.8) is 0 Å². The van der Waals surface area contributed by atoms with E-state index in [0.29, 0.717) is 16.2 Å². The molecule has 0 radical (unpaired) electrons. The Hall–Kier alpha value is -0.960. The van der Waals surface area contributed by atoms with E-state index in [1.54, 1.807) is 12.4 Å². The van der Waals surface area contributed by atoms with Crippen LogP contribution in [-0.2, 0) is 16.6 Å². The lowest BCUT2D eigenvalue weighted by molar-refractivity contribution is 0.344. The zero-order valence-corrected chi connectivity index (χ0v) is 14.3. The number of thiophene rings is 1. The molecule has 6 nitrogen and oxygen atoms in total. The van der Waals surface area contributed by atoms with Gasteiger partial charge in [-0.3, -0.25) is 0 Å². The third kappa shape index (κ3) is 3.51. The number of nitrogens with zero attached hydrogens (tertiary/aromatic N) is 3. The van der Waals surface area contributed by atoms with Crippen LogP contribution in [0.3, 0.4) is 0 Å². The summed E-state index contributed by atoms with van der Waals surface area (Å²) in [5, 5.41) is 7.99. The van der Waals surface area contributed by atoms with Crippen molar-refractivity contribution in [2.75, 3.05) is 0 Å². The maximum absolute atomic E-state index is 12.2. The Kier molecular flexibility index (Phi) is 4.82. The van der Waals surface area contributed by atoms with Gasteiger partial charge in [-0.15, -0.1) is 21.5 Å². The van der Waals surface area contributed by atoms with E-state index in [1.807, 2.05) is 4.57 Å². The molecule has 3 rings (SSSR count). The van der Waals surface area contributed by atoms with Gasteiger partial charge in [0.1, 0.15) is 16.4 Å². The van der Waals surface area contributed by atoms with E-state index in [9.17, 15) is 8.42 Å². The molecular formula is C13H17ClN4O2S2. The van der Waals surface area contributed by atoms with Gasteiger partial charge >= 0.3 is 0 Å². The lowest BCUT2D eigenvalue weighted by atomic mass is 9.95. The largest absolute Gasteiger partial charge is 0.313 e. The van der Waals surface area contributed by atoms with E-state index in [0.717, 1.165) is 24.2 Å². The number of halogens is 1. The fourth-order valence-electron chi connectivity index (χ4n) is 2.73. The third-order valence-electron chi connectivity index (χ3n) is 3.85. The van der Waals surface area contributed by atoms with Gasteiger partial charge in [0.15, 0.2) is 0 Å². The molecule has 0 amide bonds. The van der Waals surface area contributed by atoms with Crippen LogP contribution in [0.15, 0.2) is 22.7 Å². The van der Waals surface area contributed by atoms with Gasteiger partial charge in [0, 0.05) is 6.04 Å². The number of hydrogen-bond donors (Lipinski definition) is 1. The standard InChI is InChI=1S/C13H17ClN4O2S2/c14-11-6-7-13(21-11)22(19,20)16-8-12-17-15-9-18(12)10-4-2-1-3-5-10/h6-7,9-10,16H,1-5,8H2.